The van der Waals surface area contributed by atoms with Crippen molar-refractivity contribution < 1.29 is 14.3 Å². The second-order valence-electron chi connectivity index (χ2n) is 4.05. The highest BCUT2D eigenvalue weighted by molar-refractivity contribution is 6.21. The van der Waals surface area contributed by atoms with Gasteiger partial charge in [-0.2, -0.15) is 0 Å². The van der Waals surface area contributed by atoms with Gasteiger partial charge in [-0.05, 0) is 12.1 Å². The summed E-state index contributed by atoms with van der Waals surface area (Å²) in [6, 6.07) is 6.91. The molecule has 96 valence electrons. The van der Waals surface area contributed by atoms with Gasteiger partial charge in [0.15, 0.2) is 0 Å². The van der Waals surface area contributed by atoms with Crippen molar-refractivity contribution in [2.45, 2.75) is 0 Å². The number of methoxy groups -OCH3 is 1. The van der Waals surface area contributed by atoms with Crippen LogP contribution in [-0.4, -0.2) is 50.1 Å². The van der Waals surface area contributed by atoms with Crippen LogP contribution in [0.3, 0.4) is 0 Å². The van der Waals surface area contributed by atoms with Crippen molar-refractivity contribution in [3.63, 3.8) is 0 Å². The highest BCUT2D eigenvalue weighted by Crippen LogP contribution is 2.21. The quantitative estimate of drug-likeness (QED) is 0.589. The van der Waals surface area contributed by atoms with Gasteiger partial charge in [-0.3, -0.25) is 14.5 Å². The van der Waals surface area contributed by atoms with Crippen molar-refractivity contribution >= 4 is 11.8 Å². The van der Waals surface area contributed by atoms with Crippen LogP contribution in [0.5, 0.6) is 0 Å². The number of nitrogens with zero attached hydrogens (tertiary/aromatic N) is 1. The Labute approximate surface area is 106 Å². The topological polar surface area (TPSA) is 58.6 Å². The molecule has 1 aliphatic rings. The molecule has 1 aliphatic heterocycles. The third-order valence-corrected chi connectivity index (χ3v) is 2.87. The van der Waals surface area contributed by atoms with Crippen molar-refractivity contribution in [3.8, 4) is 0 Å². The number of hydrogen-bond donors (Lipinski definition) is 1. The van der Waals surface area contributed by atoms with Gasteiger partial charge in [0.05, 0.1) is 17.7 Å². The minimum Gasteiger partial charge on any atom is -0.383 e. The molecular weight excluding hydrogens is 232 g/mol. The van der Waals surface area contributed by atoms with E-state index in [1.807, 2.05) is 0 Å². The van der Waals surface area contributed by atoms with Crippen LogP contribution < -0.4 is 5.32 Å². The summed E-state index contributed by atoms with van der Waals surface area (Å²) in [6.07, 6.45) is 0. The minimum atomic E-state index is -0.204. The molecule has 18 heavy (non-hydrogen) atoms. The van der Waals surface area contributed by atoms with Crippen molar-refractivity contribution in [3.05, 3.63) is 35.4 Å². The molecule has 5 nitrogen and oxygen atoms in total. The van der Waals surface area contributed by atoms with Gasteiger partial charge < -0.3 is 10.1 Å². The fourth-order valence-electron chi connectivity index (χ4n) is 1.93. The molecule has 0 spiro atoms. The van der Waals surface area contributed by atoms with Crippen molar-refractivity contribution in [1.29, 1.82) is 0 Å². The molecule has 0 radical (unpaired) electrons. The number of nitrogens with one attached hydrogen (secondary N) is 1. The zero-order chi connectivity index (χ0) is 13.0. The second-order valence-corrected chi connectivity index (χ2v) is 4.05. The minimum absolute atomic E-state index is 0.204. The molecule has 0 saturated heterocycles. The lowest BCUT2D eigenvalue weighted by Crippen LogP contribution is -2.37. The Balaban J connectivity index is 1.93. The van der Waals surface area contributed by atoms with Gasteiger partial charge in [-0.25, -0.2) is 0 Å². The maximum atomic E-state index is 12.0. The monoisotopic (exact) mass is 248 g/mol. The predicted molar refractivity (Wildman–Crippen MR) is 66.6 cm³/mol. The highest BCUT2D eigenvalue weighted by atomic mass is 16.5. The van der Waals surface area contributed by atoms with Crippen LogP contribution in [-0.2, 0) is 4.74 Å². The molecule has 0 aliphatic carbocycles. The summed E-state index contributed by atoms with van der Waals surface area (Å²) in [5.74, 6) is -0.409. The Bertz CT molecular complexity index is 424. The Morgan fingerprint density at radius 3 is 2.28 bits per heavy atom. The first-order valence-electron chi connectivity index (χ1n) is 5.90. The largest absolute Gasteiger partial charge is 0.383 e. The lowest BCUT2D eigenvalue weighted by Gasteiger charge is -2.13. The van der Waals surface area contributed by atoms with Gasteiger partial charge >= 0.3 is 0 Å². The molecule has 1 aromatic carbocycles. The SMILES string of the molecule is COCCNCCN1C(=O)c2ccccc2C1=O. The van der Waals surface area contributed by atoms with Crippen LogP contribution in [0, 0.1) is 0 Å². The number of hydrogen-bond acceptors (Lipinski definition) is 4. The molecule has 1 heterocycles. The van der Waals surface area contributed by atoms with Crippen LogP contribution in [0.15, 0.2) is 24.3 Å². The van der Waals surface area contributed by atoms with Crippen LogP contribution in [0.2, 0.25) is 0 Å². The number of fused-ring (bicyclic) bond motifs is 1. The van der Waals surface area contributed by atoms with E-state index >= 15 is 0 Å². The average Bonchev–Trinajstić information content (AvgIpc) is 2.64. The summed E-state index contributed by atoms with van der Waals surface area (Å²) in [4.78, 5) is 25.2. The van der Waals surface area contributed by atoms with Crippen LogP contribution in [0.25, 0.3) is 0 Å². The van der Waals surface area contributed by atoms with E-state index in [2.05, 4.69) is 5.32 Å². The van der Waals surface area contributed by atoms with E-state index in [0.29, 0.717) is 37.4 Å². The molecule has 0 aromatic heterocycles. The zero-order valence-corrected chi connectivity index (χ0v) is 10.3. The van der Waals surface area contributed by atoms with Crippen LogP contribution >= 0.6 is 0 Å². The molecule has 0 atom stereocenters. The van der Waals surface area contributed by atoms with E-state index in [1.165, 1.54) is 4.90 Å². The Kier molecular flexibility index (Phi) is 4.07. The normalized spacial score (nSPS) is 14.2. The number of imide groups is 1. The van der Waals surface area contributed by atoms with Crippen molar-refractivity contribution in [1.82, 2.24) is 10.2 Å². The second kappa shape index (κ2) is 5.75. The first-order valence-corrected chi connectivity index (χ1v) is 5.90. The zero-order valence-electron chi connectivity index (χ0n) is 10.3. The van der Waals surface area contributed by atoms with Gasteiger partial charge in [-0.1, -0.05) is 12.1 Å². The molecule has 0 saturated carbocycles. The number of benzene rings is 1. The number of rotatable bonds is 6. The first-order chi connectivity index (χ1) is 8.75. The van der Waals surface area contributed by atoms with E-state index in [1.54, 1.807) is 31.4 Å². The fourth-order valence-corrected chi connectivity index (χ4v) is 1.93. The van der Waals surface area contributed by atoms with Gasteiger partial charge in [0.25, 0.3) is 11.8 Å². The third kappa shape index (κ3) is 2.42. The van der Waals surface area contributed by atoms with Crippen molar-refractivity contribution in [2.75, 3.05) is 33.4 Å². The molecule has 2 amide bonds. The molecular formula is C13H16N2O3. The summed E-state index contributed by atoms with van der Waals surface area (Å²) < 4.78 is 4.90. The lowest BCUT2D eigenvalue weighted by molar-refractivity contribution is 0.0655. The van der Waals surface area contributed by atoms with Gasteiger partial charge in [0.2, 0.25) is 0 Å². The van der Waals surface area contributed by atoms with E-state index in [0.717, 1.165) is 0 Å². The maximum absolute atomic E-state index is 12.0. The van der Waals surface area contributed by atoms with Crippen molar-refractivity contribution in [2.24, 2.45) is 0 Å². The number of carbonyl (C=O) groups excluding carboxylic acids is 2. The number of amides is 2. The Hall–Kier alpha value is -1.72. The molecule has 1 aromatic rings. The smallest absolute Gasteiger partial charge is 0.261 e. The third-order valence-electron chi connectivity index (χ3n) is 2.87. The average molecular weight is 248 g/mol. The Morgan fingerprint density at radius 1 is 1.11 bits per heavy atom. The molecule has 0 unspecified atom stereocenters. The summed E-state index contributed by atoms with van der Waals surface area (Å²) in [5.41, 5.74) is 0.999. The molecule has 0 fully saturated rings. The summed E-state index contributed by atoms with van der Waals surface area (Å²) in [7, 11) is 1.63. The van der Waals surface area contributed by atoms with Gasteiger partial charge in [-0.15, -0.1) is 0 Å². The molecule has 5 heteroatoms. The van der Waals surface area contributed by atoms with E-state index in [4.69, 9.17) is 4.74 Å². The number of ether oxygens (including phenoxy) is 1. The molecule has 2 rings (SSSR count). The van der Waals surface area contributed by atoms with E-state index in [-0.39, 0.29) is 11.8 Å². The summed E-state index contributed by atoms with van der Waals surface area (Å²) in [5, 5.41) is 3.11. The summed E-state index contributed by atoms with van der Waals surface area (Å²) >= 11 is 0. The predicted octanol–water partition coefficient (Wildman–Crippen LogP) is 0.519. The maximum Gasteiger partial charge on any atom is 0.261 e. The van der Waals surface area contributed by atoms with Gasteiger partial charge in [0, 0.05) is 26.7 Å². The van der Waals surface area contributed by atoms with Crippen LogP contribution in [0.1, 0.15) is 20.7 Å². The molecule has 0 bridgehead atoms. The summed E-state index contributed by atoms with van der Waals surface area (Å²) in [6.45, 7) is 2.28. The first kappa shape index (κ1) is 12.7. The molecule has 1 N–H and O–H groups in total. The van der Waals surface area contributed by atoms with E-state index in [9.17, 15) is 9.59 Å². The standard InChI is InChI=1S/C13H16N2O3/c1-18-9-7-14-6-8-15-12(16)10-4-2-3-5-11(10)13(15)17/h2-5,14H,6-9H2,1H3. The van der Waals surface area contributed by atoms with Gasteiger partial charge in [0.1, 0.15) is 0 Å². The fraction of sp³-hybridized carbons (Fsp3) is 0.385. The lowest BCUT2D eigenvalue weighted by atomic mass is 10.1. The van der Waals surface area contributed by atoms with E-state index < -0.39 is 0 Å². The van der Waals surface area contributed by atoms with Crippen LogP contribution in [0.4, 0.5) is 0 Å². The Morgan fingerprint density at radius 2 is 1.72 bits per heavy atom. The highest BCUT2D eigenvalue weighted by Gasteiger charge is 2.34. The number of carbonyl (C=O) groups is 2.